The molecule has 1 fully saturated rings. The number of carbonyl (C=O) groups is 1. The first-order valence-electron chi connectivity index (χ1n) is 5.48. The summed E-state index contributed by atoms with van der Waals surface area (Å²) in [5, 5.41) is 20.8. The number of rotatable bonds is 3. The number of aliphatic hydroxyl groups is 1. The second-order valence-electron chi connectivity index (χ2n) is 4.25. The maximum absolute atomic E-state index is 12.3. The minimum absolute atomic E-state index is 0.0720. The summed E-state index contributed by atoms with van der Waals surface area (Å²) >= 11 is 5.67. The SMILES string of the molecule is O=C([O-])[C@H]1C[C@@H](O)CN1S(=O)(=O)c1ccc(Cl)cc1. The van der Waals surface area contributed by atoms with Crippen LogP contribution < -0.4 is 5.11 Å². The molecule has 0 saturated carbocycles. The molecule has 0 bridgehead atoms. The van der Waals surface area contributed by atoms with Crippen LogP contribution in [0.25, 0.3) is 0 Å². The first kappa shape index (κ1) is 14.3. The highest BCUT2D eigenvalue weighted by atomic mass is 35.5. The normalized spacial score (nSPS) is 24.5. The summed E-state index contributed by atoms with van der Waals surface area (Å²) in [6, 6.07) is 4.02. The molecule has 1 aliphatic rings. The molecule has 6 nitrogen and oxygen atoms in total. The third-order valence-corrected chi connectivity index (χ3v) is 5.07. The van der Waals surface area contributed by atoms with Gasteiger partial charge in [0.15, 0.2) is 0 Å². The smallest absolute Gasteiger partial charge is 0.243 e. The van der Waals surface area contributed by atoms with E-state index in [1.165, 1.54) is 24.3 Å². The Bertz CT molecular complexity index is 586. The molecular formula is C11H11ClNO5S-. The molecule has 0 spiro atoms. The van der Waals surface area contributed by atoms with Gasteiger partial charge in [0, 0.05) is 11.6 Å². The Morgan fingerprint density at radius 2 is 1.95 bits per heavy atom. The van der Waals surface area contributed by atoms with Crippen LogP contribution >= 0.6 is 11.6 Å². The van der Waals surface area contributed by atoms with Crippen molar-refractivity contribution >= 4 is 27.6 Å². The van der Waals surface area contributed by atoms with Crippen molar-refractivity contribution in [2.45, 2.75) is 23.5 Å². The van der Waals surface area contributed by atoms with E-state index in [4.69, 9.17) is 11.6 Å². The van der Waals surface area contributed by atoms with E-state index in [0.29, 0.717) is 5.02 Å². The summed E-state index contributed by atoms with van der Waals surface area (Å²) in [6.45, 7) is -0.260. The number of hydrogen-bond donors (Lipinski definition) is 1. The number of carboxylic acid groups (broad SMARTS) is 1. The Balaban J connectivity index is 2.38. The quantitative estimate of drug-likeness (QED) is 0.789. The van der Waals surface area contributed by atoms with Crippen LogP contribution in [-0.2, 0) is 14.8 Å². The number of carboxylic acids is 1. The van der Waals surface area contributed by atoms with Gasteiger partial charge < -0.3 is 15.0 Å². The molecule has 2 rings (SSSR count). The molecule has 0 aliphatic carbocycles. The maximum Gasteiger partial charge on any atom is 0.243 e. The predicted octanol–water partition coefficient (Wildman–Crippen LogP) is -0.786. The molecule has 8 heteroatoms. The summed E-state index contributed by atoms with van der Waals surface area (Å²) in [5.41, 5.74) is 0. The summed E-state index contributed by atoms with van der Waals surface area (Å²) in [5.74, 6) is -1.52. The van der Waals surface area contributed by atoms with Crippen LogP contribution in [0.15, 0.2) is 29.2 Å². The van der Waals surface area contributed by atoms with E-state index in [1.54, 1.807) is 0 Å². The fourth-order valence-corrected chi connectivity index (χ4v) is 3.76. The highest BCUT2D eigenvalue weighted by Crippen LogP contribution is 2.26. The third kappa shape index (κ3) is 2.74. The van der Waals surface area contributed by atoms with Crippen LogP contribution in [-0.4, -0.2) is 42.5 Å². The van der Waals surface area contributed by atoms with Crippen LogP contribution in [0.1, 0.15) is 6.42 Å². The number of carbonyl (C=O) groups excluding carboxylic acids is 1. The Morgan fingerprint density at radius 1 is 1.37 bits per heavy atom. The predicted molar refractivity (Wildman–Crippen MR) is 64.8 cm³/mol. The van der Waals surface area contributed by atoms with Gasteiger partial charge in [-0.3, -0.25) is 0 Å². The van der Waals surface area contributed by atoms with Crippen molar-refractivity contribution in [1.29, 1.82) is 0 Å². The van der Waals surface area contributed by atoms with Gasteiger partial charge >= 0.3 is 0 Å². The fourth-order valence-electron chi connectivity index (χ4n) is 2.01. The molecule has 1 aromatic carbocycles. The molecule has 0 aromatic heterocycles. The van der Waals surface area contributed by atoms with Gasteiger partial charge in [0.2, 0.25) is 10.0 Å². The van der Waals surface area contributed by atoms with E-state index in [2.05, 4.69) is 0 Å². The average molecular weight is 305 g/mol. The molecule has 19 heavy (non-hydrogen) atoms. The number of aliphatic carboxylic acids is 1. The van der Waals surface area contributed by atoms with E-state index in [-0.39, 0.29) is 17.9 Å². The third-order valence-electron chi connectivity index (χ3n) is 2.93. The second kappa shape index (κ2) is 5.09. The summed E-state index contributed by atoms with van der Waals surface area (Å²) in [4.78, 5) is 10.9. The van der Waals surface area contributed by atoms with Crippen LogP contribution in [0, 0.1) is 0 Å². The Labute approximate surface area is 115 Å². The zero-order valence-electron chi connectivity index (χ0n) is 9.69. The van der Waals surface area contributed by atoms with Gasteiger partial charge in [-0.05, 0) is 30.7 Å². The molecule has 104 valence electrons. The lowest BCUT2D eigenvalue weighted by molar-refractivity contribution is -0.309. The lowest BCUT2D eigenvalue weighted by Crippen LogP contribution is -2.46. The molecule has 0 radical (unpaired) electrons. The molecule has 0 unspecified atom stereocenters. The minimum atomic E-state index is -3.99. The minimum Gasteiger partial charge on any atom is -0.548 e. The van der Waals surface area contributed by atoms with E-state index in [9.17, 15) is 23.4 Å². The van der Waals surface area contributed by atoms with Gasteiger partial charge in [-0.25, -0.2) is 8.42 Å². The van der Waals surface area contributed by atoms with Gasteiger partial charge in [0.1, 0.15) is 0 Å². The number of nitrogens with zero attached hydrogens (tertiary/aromatic N) is 1. The number of sulfonamides is 1. The molecule has 1 heterocycles. The van der Waals surface area contributed by atoms with Gasteiger partial charge in [0.25, 0.3) is 0 Å². The van der Waals surface area contributed by atoms with Gasteiger partial charge in [0.05, 0.1) is 23.0 Å². The molecule has 1 aromatic rings. The zero-order chi connectivity index (χ0) is 14.2. The Morgan fingerprint density at radius 3 is 2.47 bits per heavy atom. The van der Waals surface area contributed by atoms with Gasteiger partial charge in [-0.1, -0.05) is 11.6 Å². The largest absolute Gasteiger partial charge is 0.548 e. The van der Waals surface area contributed by atoms with Crippen molar-refractivity contribution in [3.8, 4) is 0 Å². The van der Waals surface area contributed by atoms with Crippen molar-refractivity contribution < 1.29 is 23.4 Å². The Hall–Kier alpha value is -1.15. The van der Waals surface area contributed by atoms with Crippen molar-refractivity contribution in [2.75, 3.05) is 6.54 Å². The van der Waals surface area contributed by atoms with Crippen LogP contribution in [0.4, 0.5) is 0 Å². The number of halogens is 1. The van der Waals surface area contributed by atoms with Gasteiger partial charge in [-0.2, -0.15) is 4.31 Å². The van der Waals surface area contributed by atoms with Crippen molar-refractivity contribution in [3.05, 3.63) is 29.3 Å². The maximum atomic E-state index is 12.3. The number of β-amino-alcohol motifs (C(OH)–C–C–N with tert-alkyl or cyclic N) is 1. The highest BCUT2D eigenvalue weighted by Gasteiger charge is 2.40. The number of benzene rings is 1. The lowest BCUT2D eigenvalue weighted by Gasteiger charge is -2.24. The van der Waals surface area contributed by atoms with Crippen molar-refractivity contribution in [2.24, 2.45) is 0 Å². The standard InChI is InChI=1S/C11H12ClNO5S/c12-7-1-3-9(4-2-7)19(17,18)13-6-8(14)5-10(13)11(15)16/h1-4,8,10,14H,5-6H2,(H,15,16)/p-1/t8-,10-/m1/s1. The van der Waals surface area contributed by atoms with E-state index < -0.39 is 28.1 Å². The molecular weight excluding hydrogens is 294 g/mol. The zero-order valence-corrected chi connectivity index (χ0v) is 11.3. The van der Waals surface area contributed by atoms with E-state index >= 15 is 0 Å². The van der Waals surface area contributed by atoms with Crippen molar-refractivity contribution in [1.82, 2.24) is 4.31 Å². The topological polar surface area (TPSA) is 97.7 Å². The Kier molecular flexibility index (Phi) is 3.82. The lowest BCUT2D eigenvalue weighted by atomic mass is 10.2. The molecule has 2 atom stereocenters. The average Bonchev–Trinajstić information content (AvgIpc) is 2.73. The second-order valence-corrected chi connectivity index (χ2v) is 6.58. The monoisotopic (exact) mass is 304 g/mol. The van der Waals surface area contributed by atoms with E-state index in [0.717, 1.165) is 4.31 Å². The summed E-state index contributed by atoms with van der Waals surface area (Å²) in [6.07, 6.45) is -1.18. The highest BCUT2D eigenvalue weighted by molar-refractivity contribution is 7.89. The number of hydrogen-bond acceptors (Lipinski definition) is 5. The van der Waals surface area contributed by atoms with Crippen LogP contribution in [0.3, 0.4) is 0 Å². The first-order chi connectivity index (χ1) is 8.82. The van der Waals surface area contributed by atoms with Crippen LogP contribution in [0.5, 0.6) is 0 Å². The summed E-state index contributed by atoms with van der Waals surface area (Å²) in [7, 11) is -3.99. The molecule has 1 N–H and O–H groups in total. The number of aliphatic hydroxyl groups excluding tert-OH is 1. The fraction of sp³-hybridized carbons (Fsp3) is 0.364. The molecule has 0 amide bonds. The molecule has 1 aliphatic heterocycles. The van der Waals surface area contributed by atoms with E-state index in [1.807, 2.05) is 0 Å². The first-order valence-corrected chi connectivity index (χ1v) is 7.30. The van der Waals surface area contributed by atoms with Gasteiger partial charge in [-0.15, -0.1) is 0 Å². The van der Waals surface area contributed by atoms with Crippen molar-refractivity contribution in [3.63, 3.8) is 0 Å². The summed E-state index contributed by atoms with van der Waals surface area (Å²) < 4.78 is 25.3. The molecule has 1 saturated heterocycles. The van der Waals surface area contributed by atoms with Crippen LogP contribution in [0.2, 0.25) is 5.02 Å².